The van der Waals surface area contributed by atoms with Crippen LogP contribution < -0.4 is 0 Å². The average Bonchev–Trinajstić information content (AvgIpc) is 2.79. The molecule has 0 N–H and O–H groups in total. The van der Waals surface area contributed by atoms with Gasteiger partial charge in [0.25, 0.3) is 0 Å². The van der Waals surface area contributed by atoms with Crippen molar-refractivity contribution in [1.29, 1.82) is 0 Å². The molecule has 26 heavy (non-hydrogen) atoms. The lowest BCUT2D eigenvalue weighted by atomic mass is 10.0. The van der Waals surface area contributed by atoms with Crippen LogP contribution in [0.2, 0.25) is 0 Å². The number of halogens is 1. The quantitative estimate of drug-likeness (QED) is 0.762. The third-order valence-electron chi connectivity index (χ3n) is 4.13. The molecule has 0 radical (unpaired) electrons. The fourth-order valence-corrected chi connectivity index (χ4v) is 3.54. The highest BCUT2D eigenvalue weighted by Gasteiger charge is 2.26. The van der Waals surface area contributed by atoms with E-state index in [1.807, 2.05) is 6.08 Å². The summed E-state index contributed by atoms with van der Waals surface area (Å²) in [6, 6.07) is 10.8. The smallest absolute Gasteiger partial charge is 0.308 e. The van der Waals surface area contributed by atoms with Crippen molar-refractivity contribution in [2.75, 3.05) is 6.26 Å². The average molecular weight is 372 g/mol. The van der Waals surface area contributed by atoms with Gasteiger partial charge in [-0.15, -0.1) is 0 Å². The molecule has 3 rings (SSSR count). The number of rotatable bonds is 3. The Bertz CT molecular complexity index is 1060. The van der Waals surface area contributed by atoms with E-state index in [1.165, 1.54) is 31.2 Å². The van der Waals surface area contributed by atoms with Crippen molar-refractivity contribution in [2.45, 2.75) is 18.7 Å². The summed E-state index contributed by atoms with van der Waals surface area (Å²) in [6.45, 7) is 3.09. The Kier molecular flexibility index (Phi) is 4.54. The van der Waals surface area contributed by atoms with Crippen LogP contribution in [0, 0.1) is 5.82 Å². The molecule has 134 valence electrons. The molecule has 6 heteroatoms. The summed E-state index contributed by atoms with van der Waals surface area (Å²) < 4.78 is 42.1. The highest BCUT2D eigenvalue weighted by atomic mass is 32.2. The predicted octanol–water partition coefficient (Wildman–Crippen LogP) is 4.08. The maximum Gasteiger partial charge on any atom is 0.308 e. The second-order valence-corrected chi connectivity index (χ2v) is 8.15. The molecule has 0 atom stereocenters. The van der Waals surface area contributed by atoms with E-state index in [0.717, 1.165) is 23.0 Å². The van der Waals surface area contributed by atoms with Crippen LogP contribution in [0.25, 0.3) is 17.4 Å². The normalized spacial score (nSPS) is 15.3. The highest BCUT2D eigenvalue weighted by Crippen LogP contribution is 2.42. The fraction of sp³-hybridized carbons (Fsp3) is 0.150. The maximum absolute atomic E-state index is 13.7. The Hall–Kier alpha value is -2.73. The molecule has 0 aliphatic heterocycles. The van der Waals surface area contributed by atoms with Crippen LogP contribution >= 0.6 is 0 Å². The lowest BCUT2D eigenvalue weighted by Crippen LogP contribution is -1.98. The molecule has 0 spiro atoms. The highest BCUT2D eigenvalue weighted by molar-refractivity contribution is 7.90. The Morgan fingerprint density at radius 1 is 1.08 bits per heavy atom. The first kappa shape index (κ1) is 18.1. The van der Waals surface area contributed by atoms with Crippen molar-refractivity contribution < 1.29 is 22.3 Å². The molecular weight excluding hydrogens is 355 g/mol. The first-order valence-electron chi connectivity index (χ1n) is 7.88. The molecule has 4 nitrogen and oxygen atoms in total. The molecule has 0 fully saturated rings. The third-order valence-corrected chi connectivity index (χ3v) is 5.25. The predicted molar refractivity (Wildman–Crippen MR) is 98.2 cm³/mol. The standard InChI is InChI=1S/C20H17FO4S/c1-12-18(10-14-4-7-16(8-5-14)26(3,23)24)17-9-6-15(21)11-19(17)20(12)25-13(2)22/h4-11H,1-3H3. The van der Waals surface area contributed by atoms with E-state index in [-0.39, 0.29) is 4.90 Å². The molecule has 1 aliphatic rings. The lowest BCUT2D eigenvalue weighted by molar-refractivity contribution is -0.134. The SMILES string of the molecule is CC(=O)OC1=C(C)C(=Cc2ccc(S(C)(=O)=O)cc2)c2ccc(F)cc21. The van der Waals surface area contributed by atoms with Gasteiger partial charge >= 0.3 is 5.97 Å². The third kappa shape index (κ3) is 3.46. The van der Waals surface area contributed by atoms with Crippen molar-refractivity contribution in [1.82, 2.24) is 0 Å². The minimum Gasteiger partial charge on any atom is -0.426 e. The van der Waals surface area contributed by atoms with E-state index in [0.29, 0.717) is 16.9 Å². The molecule has 0 saturated heterocycles. The molecule has 0 unspecified atom stereocenters. The summed E-state index contributed by atoms with van der Waals surface area (Å²) >= 11 is 0. The van der Waals surface area contributed by atoms with E-state index >= 15 is 0 Å². The van der Waals surface area contributed by atoms with Gasteiger partial charge in [-0.2, -0.15) is 0 Å². The molecule has 1 aliphatic carbocycles. The van der Waals surface area contributed by atoms with Crippen LogP contribution in [0.5, 0.6) is 0 Å². The van der Waals surface area contributed by atoms with E-state index in [1.54, 1.807) is 25.1 Å². The number of carbonyl (C=O) groups excluding carboxylic acids is 1. The second kappa shape index (κ2) is 6.53. The van der Waals surface area contributed by atoms with Crippen molar-refractivity contribution in [3.8, 4) is 0 Å². The largest absolute Gasteiger partial charge is 0.426 e. The van der Waals surface area contributed by atoms with E-state index in [2.05, 4.69) is 0 Å². The lowest BCUT2D eigenvalue weighted by Gasteiger charge is -2.05. The molecule has 0 amide bonds. The van der Waals surface area contributed by atoms with Crippen molar-refractivity contribution in [3.63, 3.8) is 0 Å². The first-order chi connectivity index (χ1) is 12.2. The molecule has 0 bridgehead atoms. The Labute approximate surface area is 151 Å². The first-order valence-corrected chi connectivity index (χ1v) is 9.78. The fourth-order valence-electron chi connectivity index (χ4n) is 2.90. The zero-order chi connectivity index (χ0) is 19.1. The van der Waals surface area contributed by atoms with Crippen LogP contribution in [0.3, 0.4) is 0 Å². The Morgan fingerprint density at radius 3 is 2.31 bits per heavy atom. The summed E-state index contributed by atoms with van der Waals surface area (Å²) in [6.07, 6.45) is 3.01. The number of allylic oxidation sites excluding steroid dienone is 2. The molecule has 0 heterocycles. The zero-order valence-corrected chi connectivity index (χ0v) is 15.4. The van der Waals surface area contributed by atoms with Gasteiger partial charge in [0.1, 0.15) is 11.6 Å². The topological polar surface area (TPSA) is 60.4 Å². The van der Waals surface area contributed by atoms with E-state index in [9.17, 15) is 17.6 Å². The van der Waals surface area contributed by atoms with E-state index < -0.39 is 21.6 Å². The molecule has 0 saturated carbocycles. The molecule has 2 aromatic carbocycles. The van der Waals surface area contributed by atoms with Crippen LogP contribution in [0.4, 0.5) is 4.39 Å². The summed E-state index contributed by atoms with van der Waals surface area (Å²) in [5.41, 5.74) is 3.58. The molecular formula is C20H17FO4S. The number of hydrogen-bond acceptors (Lipinski definition) is 4. The number of ether oxygens (including phenoxy) is 1. The Balaban J connectivity index is 2.11. The van der Waals surface area contributed by atoms with Crippen LogP contribution in [-0.4, -0.2) is 20.6 Å². The van der Waals surface area contributed by atoms with Gasteiger partial charge in [0.2, 0.25) is 0 Å². The summed E-state index contributed by atoms with van der Waals surface area (Å²) in [5, 5.41) is 0. The van der Waals surface area contributed by atoms with Gasteiger partial charge in [-0.3, -0.25) is 4.79 Å². The summed E-state index contributed by atoms with van der Waals surface area (Å²) in [5.74, 6) is -0.556. The van der Waals surface area contributed by atoms with E-state index in [4.69, 9.17) is 4.74 Å². The summed E-state index contributed by atoms with van der Waals surface area (Å²) in [4.78, 5) is 11.6. The number of carbonyl (C=O) groups is 1. The number of hydrogen-bond donors (Lipinski definition) is 0. The number of benzene rings is 2. The number of esters is 1. The van der Waals surface area contributed by atoms with Gasteiger partial charge in [-0.25, -0.2) is 12.8 Å². The number of sulfone groups is 1. The molecule has 2 aromatic rings. The summed E-state index contributed by atoms with van der Waals surface area (Å²) in [7, 11) is -3.26. The minimum absolute atomic E-state index is 0.237. The van der Waals surface area contributed by atoms with Crippen LogP contribution in [0.15, 0.2) is 52.9 Å². The van der Waals surface area contributed by atoms with Gasteiger partial charge in [0, 0.05) is 24.3 Å². The van der Waals surface area contributed by atoms with Crippen LogP contribution in [-0.2, 0) is 19.4 Å². The maximum atomic E-state index is 13.7. The molecule has 0 aromatic heterocycles. The van der Waals surface area contributed by atoms with Gasteiger partial charge in [-0.05, 0) is 54.0 Å². The number of fused-ring (bicyclic) bond motifs is 1. The van der Waals surface area contributed by atoms with Gasteiger partial charge in [0.15, 0.2) is 9.84 Å². The van der Waals surface area contributed by atoms with Gasteiger partial charge in [0.05, 0.1) is 4.90 Å². The van der Waals surface area contributed by atoms with Crippen LogP contribution in [0.1, 0.15) is 30.5 Å². The van der Waals surface area contributed by atoms with Gasteiger partial charge in [-0.1, -0.05) is 18.2 Å². The monoisotopic (exact) mass is 372 g/mol. The van der Waals surface area contributed by atoms with Crippen molar-refractivity contribution in [2.24, 2.45) is 0 Å². The van der Waals surface area contributed by atoms with Gasteiger partial charge < -0.3 is 4.74 Å². The minimum atomic E-state index is -3.26. The van der Waals surface area contributed by atoms with Crippen molar-refractivity contribution in [3.05, 3.63) is 70.5 Å². The zero-order valence-electron chi connectivity index (χ0n) is 14.5. The van der Waals surface area contributed by atoms with Crippen molar-refractivity contribution >= 4 is 33.2 Å². The Morgan fingerprint density at radius 2 is 1.73 bits per heavy atom. The second-order valence-electron chi connectivity index (χ2n) is 6.14.